The first kappa shape index (κ1) is 18.0. The monoisotopic (exact) mass is 352 g/mol. The summed E-state index contributed by atoms with van der Waals surface area (Å²) in [5.41, 5.74) is 6.80. The van der Waals surface area contributed by atoms with Crippen LogP contribution in [0, 0.1) is 0 Å². The summed E-state index contributed by atoms with van der Waals surface area (Å²) in [5, 5.41) is 3.07. The summed E-state index contributed by atoms with van der Waals surface area (Å²) in [7, 11) is 0. The van der Waals surface area contributed by atoms with E-state index in [-0.39, 0.29) is 17.9 Å². The molecule has 0 spiro atoms. The second kappa shape index (κ2) is 8.04. The molecule has 0 radical (unpaired) electrons. The molecule has 0 bridgehead atoms. The molecule has 0 saturated heterocycles. The summed E-state index contributed by atoms with van der Waals surface area (Å²) in [5.74, 6) is -0.412. The number of rotatable bonds is 7. The van der Waals surface area contributed by atoms with Gasteiger partial charge in [0.15, 0.2) is 6.61 Å². The van der Waals surface area contributed by atoms with Crippen LogP contribution >= 0.6 is 0 Å². The van der Waals surface area contributed by atoms with Crippen molar-refractivity contribution in [3.8, 4) is 5.75 Å². The number of hydrogen-bond donors (Lipinski definition) is 2. The van der Waals surface area contributed by atoms with Crippen molar-refractivity contribution in [3.63, 3.8) is 0 Å². The zero-order chi connectivity index (χ0) is 18.4. The van der Waals surface area contributed by atoms with Gasteiger partial charge in [-0.05, 0) is 30.5 Å². The third kappa shape index (κ3) is 4.04. The van der Waals surface area contributed by atoms with Crippen LogP contribution in [-0.4, -0.2) is 25.0 Å². The number of benzene rings is 2. The fourth-order valence-electron chi connectivity index (χ4n) is 3.68. The topological polar surface area (TPSA) is 81.4 Å². The second-order valence-electron chi connectivity index (χ2n) is 6.79. The van der Waals surface area contributed by atoms with Gasteiger partial charge in [0.05, 0.1) is 5.56 Å². The highest BCUT2D eigenvalue weighted by Gasteiger charge is 2.35. The molecule has 3 rings (SSSR count). The normalized spacial score (nSPS) is 15.4. The Hall–Kier alpha value is -2.82. The molecule has 0 atom stereocenters. The fraction of sp³-hybridized carbons (Fsp3) is 0.333. The summed E-state index contributed by atoms with van der Waals surface area (Å²) in [4.78, 5) is 23.7. The molecule has 5 heteroatoms. The van der Waals surface area contributed by atoms with Crippen molar-refractivity contribution >= 4 is 11.8 Å². The van der Waals surface area contributed by atoms with Crippen LogP contribution in [0.25, 0.3) is 0 Å². The van der Waals surface area contributed by atoms with Crippen LogP contribution in [0.4, 0.5) is 0 Å². The summed E-state index contributed by atoms with van der Waals surface area (Å²) in [6, 6.07) is 17.3. The lowest BCUT2D eigenvalue weighted by atomic mass is 9.79. The van der Waals surface area contributed by atoms with Crippen molar-refractivity contribution in [2.45, 2.75) is 31.1 Å². The van der Waals surface area contributed by atoms with Gasteiger partial charge in [-0.1, -0.05) is 55.3 Å². The van der Waals surface area contributed by atoms with Gasteiger partial charge in [0.1, 0.15) is 5.75 Å². The Morgan fingerprint density at radius 2 is 1.65 bits per heavy atom. The van der Waals surface area contributed by atoms with E-state index in [2.05, 4.69) is 17.4 Å². The Morgan fingerprint density at radius 3 is 2.35 bits per heavy atom. The minimum absolute atomic E-state index is 0.0139. The zero-order valence-corrected chi connectivity index (χ0v) is 14.7. The number of para-hydroxylation sites is 1. The Balaban J connectivity index is 1.73. The standard InChI is InChI=1S/C21H24N2O3/c22-19(24)14-26-18-11-5-4-10-17(18)20(25)23-15-21(12-6-7-13-21)16-8-2-1-3-9-16/h1-5,8-11H,6-7,12-15H2,(H2,22,24)(H,23,25). The van der Waals surface area contributed by atoms with Crippen molar-refractivity contribution < 1.29 is 14.3 Å². The van der Waals surface area contributed by atoms with Gasteiger partial charge in [0.25, 0.3) is 11.8 Å². The second-order valence-corrected chi connectivity index (χ2v) is 6.79. The molecule has 3 N–H and O–H groups in total. The molecule has 2 aromatic rings. The first-order valence-corrected chi connectivity index (χ1v) is 8.95. The van der Waals surface area contributed by atoms with Gasteiger partial charge in [-0.15, -0.1) is 0 Å². The molecular formula is C21H24N2O3. The molecule has 2 amide bonds. The number of carbonyl (C=O) groups excluding carboxylic acids is 2. The van der Waals surface area contributed by atoms with Crippen LogP contribution < -0.4 is 15.8 Å². The van der Waals surface area contributed by atoms with Gasteiger partial charge < -0.3 is 15.8 Å². The highest BCUT2D eigenvalue weighted by Crippen LogP contribution is 2.40. The number of primary amides is 1. The van der Waals surface area contributed by atoms with Crippen LogP contribution in [0.1, 0.15) is 41.6 Å². The van der Waals surface area contributed by atoms with Crippen molar-refractivity contribution in [2.24, 2.45) is 5.73 Å². The van der Waals surface area contributed by atoms with Gasteiger partial charge in [-0.25, -0.2) is 0 Å². The number of nitrogens with one attached hydrogen (secondary N) is 1. The van der Waals surface area contributed by atoms with E-state index < -0.39 is 5.91 Å². The lowest BCUT2D eigenvalue weighted by Gasteiger charge is -2.30. The Kier molecular flexibility index (Phi) is 5.56. The highest BCUT2D eigenvalue weighted by molar-refractivity contribution is 5.97. The number of carbonyl (C=O) groups is 2. The minimum Gasteiger partial charge on any atom is -0.483 e. The molecule has 136 valence electrons. The van der Waals surface area contributed by atoms with E-state index in [1.54, 1.807) is 24.3 Å². The Morgan fingerprint density at radius 1 is 1.00 bits per heavy atom. The molecule has 1 aliphatic carbocycles. The Labute approximate surface area is 153 Å². The van der Waals surface area contributed by atoms with E-state index in [4.69, 9.17) is 10.5 Å². The predicted octanol–water partition coefficient (Wildman–Crippen LogP) is 2.79. The lowest BCUT2D eigenvalue weighted by Crippen LogP contribution is -2.39. The highest BCUT2D eigenvalue weighted by atomic mass is 16.5. The molecule has 2 aromatic carbocycles. The maximum Gasteiger partial charge on any atom is 0.255 e. The summed E-state index contributed by atoms with van der Waals surface area (Å²) in [6.45, 7) is 0.332. The molecule has 0 aromatic heterocycles. The van der Waals surface area contributed by atoms with Gasteiger partial charge in [-0.3, -0.25) is 9.59 Å². The van der Waals surface area contributed by atoms with Gasteiger partial charge in [0.2, 0.25) is 0 Å². The van der Waals surface area contributed by atoms with E-state index in [1.165, 1.54) is 18.4 Å². The van der Waals surface area contributed by atoms with Crippen LogP contribution in [-0.2, 0) is 10.2 Å². The third-order valence-electron chi connectivity index (χ3n) is 5.04. The molecule has 1 fully saturated rings. The summed E-state index contributed by atoms with van der Waals surface area (Å²) >= 11 is 0. The first-order chi connectivity index (χ1) is 12.6. The van der Waals surface area contributed by atoms with Crippen LogP contribution in [0.5, 0.6) is 5.75 Å². The molecule has 26 heavy (non-hydrogen) atoms. The van der Waals surface area contributed by atoms with Crippen molar-refractivity contribution in [2.75, 3.05) is 13.2 Å². The fourth-order valence-corrected chi connectivity index (χ4v) is 3.68. The zero-order valence-electron chi connectivity index (χ0n) is 14.7. The van der Waals surface area contributed by atoms with Gasteiger partial charge in [0, 0.05) is 12.0 Å². The van der Waals surface area contributed by atoms with Crippen molar-refractivity contribution in [3.05, 3.63) is 65.7 Å². The molecule has 0 unspecified atom stereocenters. The van der Waals surface area contributed by atoms with Crippen molar-refractivity contribution in [1.29, 1.82) is 0 Å². The molecule has 5 nitrogen and oxygen atoms in total. The van der Waals surface area contributed by atoms with E-state index in [1.807, 2.05) is 18.2 Å². The van der Waals surface area contributed by atoms with Gasteiger partial charge >= 0.3 is 0 Å². The Bertz CT molecular complexity index is 768. The van der Waals surface area contributed by atoms with E-state index in [9.17, 15) is 9.59 Å². The number of hydrogen-bond acceptors (Lipinski definition) is 3. The van der Waals surface area contributed by atoms with E-state index >= 15 is 0 Å². The number of nitrogens with two attached hydrogens (primary N) is 1. The smallest absolute Gasteiger partial charge is 0.255 e. The largest absolute Gasteiger partial charge is 0.483 e. The molecular weight excluding hydrogens is 328 g/mol. The summed E-state index contributed by atoms with van der Waals surface area (Å²) < 4.78 is 5.37. The molecule has 1 aliphatic rings. The quantitative estimate of drug-likeness (QED) is 0.804. The average molecular weight is 352 g/mol. The first-order valence-electron chi connectivity index (χ1n) is 8.95. The third-order valence-corrected chi connectivity index (χ3v) is 5.04. The SMILES string of the molecule is NC(=O)COc1ccccc1C(=O)NCC1(c2ccccc2)CCCC1. The average Bonchev–Trinajstić information content (AvgIpc) is 3.15. The summed E-state index contributed by atoms with van der Waals surface area (Å²) in [6.07, 6.45) is 4.47. The van der Waals surface area contributed by atoms with Crippen LogP contribution in [0.2, 0.25) is 0 Å². The predicted molar refractivity (Wildman–Crippen MR) is 100 cm³/mol. The molecule has 0 aliphatic heterocycles. The van der Waals surface area contributed by atoms with Gasteiger partial charge in [-0.2, -0.15) is 0 Å². The maximum atomic E-state index is 12.7. The van der Waals surface area contributed by atoms with E-state index in [0.717, 1.165) is 12.8 Å². The minimum atomic E-state index is -0.575. The lowest BCUT2D eigenvalue weighted by molar-refractivity contribution is -0.119. The molecule has 1 saturated carbocycles. The van der Waals surface area contributed by atoms with Crippen LogP contribution in [0.15, 0.2) is 54.6 Å². The molecule has 0 heterocycles. The van der Waals surface area contributed by atoms with Crippen LogP contribution in [0.3, 0.4) is 0 Å². The van der Waals surface area contributed by atoms with E-state index in [0.29, 0.717) is 17.9 Å². The maximum absolute atomic E-state index is 12.7. The van der Waals surface area contributed by atoms with Crippen molar-refractivity contribution in [1.82, 2.24) is 5.32 Å². The number of amides is 2. The number of ether oxygens (including phenoxy) is 1.